The van der Waals surface area contributed by atoms with Crippen LogP contribution in [-0.2, 0) is 6.54 Å². The lowest BCUT2D eigenvalue weighted by Crippen LogP contribution is -2.48. The van der Waals surface area contributed by atoms with E-state index in [1.165, 1.54) is 11.6 Å². The quantitative estimate of drug-likeness (QED) is 0.294. The van der Waals surface area contributed by atoms with Gasteiger partial charge in [0.25, 0.3) is 5.91 Å². The first kappa shape index (κ1) is 22.1. The van der Waals surface area contributed by atoms with E-state index < -0.39 is 0 Å². The molecule has 7 nitrogen and oxygen atoms in total. The van der Waals surface area contributed by atoms with E-state index in [9.17, 15) is 9.90 Å². The number of amides is 1. The van der Waals surface area contributed by atoms with Gasteiger partial charge in [-0.2, -0.15) is 11.3 Å². The van der Waals surface area contributed by atoms with Gasteiger partial charge in [-0.15, -0.1) is 0 Å². The summed E-state index contributed by atoms with van der Waals surface area (Å²) >= 11 is 1.75. The lowest BCUT2D eigenvalue weighted by molar-refractivity contribution is 0.0952. The van der Waals surface area contributed by atoms with E-state index in [2.05, 4.69) is 42.7 Å². The van der Waals surface area contributed by atoms with Crippen LogP contribution in [0.4, 0.5) is 0 Å². The predicted molar refractivity (Wildman–Crippen MR) is 122 cm³/mol. The maximum Gasteiger partial charge on any atom is 0.255 e. The molecule has 1 aromatic carbocycles. The highest BCUT2D eigenvalue weighted by molar-refractivity contribution is 7.07. The molecule has 2 heterocycles. The van der Waals surface area contributed by atoms with Gasteiger partial charge < -0.3 is 21.1 Å². The molecule has 8 heteroatoms. The number of benzene rings is 1. The molecule has 2 aromatic rings. The van der Waals surface area contributed by atoms with Crippen molar-refractivity contribution in [3.63, 3.8) is 0 Å². The van der Waals surface area contributed by atoms with Crippen LogP contribution >= 0.6 is 11.3 Å². The number of aromatic hydroxyl groups is 1. The maximum absolute atomic E-state index is 12.1. The van der Waals surface area contributed by atoms with Crippen LogP contribution in [0.3, 0.4) is 0 Å². The first-order chi connectivity index (χ1) is 14.7. The van der Waals surface area contributed by atoms with E-state index in [-0.39, 0.29) is 17.2 Å². The van der Waals surface area contributed by atoms with Gasteiger partial charge in [0.15, 0.2) is 5.96 Å². The van der Waals surface area contributed by atoms with Crippen molar-refractivity contribution in [3.05, 3.63) is 52.2 Å². The summed E-state index contributed by atoms with van der Waals surface area (Å²) in [6.07, 6.45) is 2.16. The normalized spacial score (nSPS) is 15.7. The van der Waals surface area contributed by atoms with Crippen molar-refractivity contribution < 1.29 is 9.90 Å². The zero-order chi connectivity index (χ0) is 21.2. The largest absolute Gasteiger partial charge is 0.507 e. The van der Waals surface area contributed by atoms with Gasteiger partial charge in [-0.1, -0.05) is 12.1 Å². The third-order valence-corrected chi connectivity index (χ3v) is 5.81. The molecule has 0 atom stereocenters. The van der Waals surface area contributed by atoms with Crippen molar-refractivity contribution >= 4 is 23.2 Å². The summed E-state index contributed by atoms with van der Waals surface area (Å²) in [5.41, 5.74) is 1.67. The molecule has 1 fully saturated rings. The first-order valence-corrected chi connectivity index (χ1v) is 11.4. The molecule has 0 spiro atoms. The number of aliphatic imine (C=N–C) groups is 1. The molecular weight excluding hydrogens is 398 g/mol. The minimum absolute atomic E-state index is 0.0150. The van der Waals surface area contributed by atoms with Crippen LogP contribution in [0.5, 0.6) is 5.75 Å². The molecule has 0 aliphatic carbocycles. The second-order valence-electron chi connectivity index (χ2n) is 7.36. The number of carbonyl (C=O) groups is 1. The van der Waals surface area contributed by atoms with E-state index in [4.69, 9.17) is 0 Å². The molecule has 30 heavy (non-hydrogen) atoms. The second-order valence-corrected chi connectivity index (χ2v) is 8.14. The Morgan fingerprint density at radius 1 is 1.23 bits per heavy atom. The van der Waals surface area contributed by atoms with Crippen molar-refractivity contribution in [3.8, 4) is 5.75 Å². The summed E-state index contributed by atoms with van der Waals surface area (Å²) in [4.78, 5) is 19.2. The molecule has 1 aliphatic heterocycles. The predicted octanol–water partition coefficient (Wildman–Crippen LogP) is 2.40. The fraction of sp³-hybridized carbons (Fsp3) is 0.455. The van der Waals surface area contributed by atoms with Crippen molar-refractivity contribution in [2.24, 2.45) is 4.99 Å². The van der Waals surface area contributed by atoms with Gasteiger partial charge in [0.2, 0.25) is 0 Å². The molecule has 1 amide bonds. The molecule has 1 saturated heterocycles. The molecule has 0 saturated carbocycles. The Morgan fingerprint density at radius 3 is 2.73 bits per heavy atom. The van der Waals surface area contributed by atoms with Gasteiger partial charge in [-0.25, -0.2) is 0 Å². The van der Waals surface area contributed by atoms with Crippen LogP contribution in [0.1, 0.15) is 35.7 Å². The average Bonchev–Trinajstić information content (AvgIpc) is 3.26. The molecule has 1 aromatic heterocycles. The van der Waals surface area contributed by atoms with Crippen LogP contribution in [0.2, 0.25) is 0 Å². The summed E-state index contributed by atoms with van der Waals surface area (Å²) in [5, 5.41) is 23.7. The molecule has 0 bridgehead atoms. The number of rotatable bonds is 8. The lowest BCUT2D eigenvalue weighted by Gasteiger charge is -2.33. The van der Waals surface area contributed by atoms with Gasteiger partial charge >= 0.3 is 0 Å². The summed E-state index contributed by atoms with van der Waals surface area (Å²) < 4.78 is 0. The van der Waals surface area contributed by atoms with Crippen LogP contribution in [0, 0.1) is 0 Å². The number of para-hydroxylation sites is 1. The van der Waals surface area contributed by atoms with Crippen molar-refractivity contribution in [2.45, 2.75) is 32.4 Å². The topological polar surface area (TPSA) is 89.0 Å². The van der Waals surface area contributed by atoms with Crippen LogP contribution in [0.15, 0.2) is 46.1 Å². The van der Waals surface area contributed by atoms with Crippen molar-refractivity contribution in [1.82, 2.24) is 20.9 Å². The molecule has 3 rings (SSSR count). The number of nitrogens with one attached hydrogen (secondary N) is 3. The van der Waals surface area contributed by atoms with Gasteiger partial charge in [0, 0.05) is 38.8 Å². The molecule has 162 valence electrons. The lowest BCUT2D eigenvalue weighted by atomic mass is 10.0. The number of guanidine groups is 1. The molecule has 0 radical (unpaired) electrons. The highest BCUT2D eigenvalue weighted by atomic mass is 32.1. The van der Waals surface area contributed by atoms with Crippen LogP contribution in [-0.4, -0.2) is 60.6 Å². The molecular formula is C22H31N5O2S. The van der Waals surface area contributed by atoms with Crippen molar-refractivity contribution in [2.75, 3.05) is 32.7 Å². The second kappa shape index (κ2) is 11.6. The summed E-state index contributed by atoms with van der Waals surface area (Å²) in [5.74, 6) is 0.476. The number of thiophene rings is 1. The number of likely N-dealkylation sites (tertiary alicyclic amines) is 1. The number of hydrogen-bond acceptors (Lipinski definition) is 5. The van der Waals surface area contributed by atoms with Crippen LogP contribution in [0.25, 0.3) is 0 Å². The number of phenols is 1. The highest BCUT2D eigenvalue weighted by Crippen LogP contribution is 2.16. The Bertz CT molecular complexity index is 817. The Kier molecular flexibility index (Phi) is 8.53. The Hall–Kier alpha value is -2.58. The fourth-order valence-electron chi connectivity index (χ4n) is 3.49. The average molecular weight is 430 g/mol. The van der Waals surface area contributed by atoms with Crippen LogP contribution < -0.4 is 16.0 Å². The maximum atomic E-state index is 12.1. The van der Waals surface area contributed by atoms with Gasteiger partial charge in [-0.05, 0) is 54.3 Å². The summed E-state index contributed by atoms with van der Waals surface area (Å²) in [7, 11) is 0. The van der Waals surface area contributed by atoms with Gasteiger partial charge in [0.05, 0.1) is 12.1 Å². The van der Waals surface area contributed by atoms with Gasteiger partial charge in [0.1, 0.15) is 5.75 Å². The Balaban J connectivity index is 1.41. The highest BCUT2D eigenvalue weighted by Gasteiger charge is 2.20. The monoisotopic (exact) mass is 429 g/mol. The summed E-state index contributed by atoms with van der Waals surface area (Å²) in [6.45, 7) is 6.87. The molecule has 1 aliphatic rings. The Labute approximate surface area is 182 Å². The van der Waals surface area contributed by atoms with Crippen molar-refractivity contribution in [1.29, 1.82) is 0 Å². The molecule has 4 N–H and O–H groups in total. The number of piperidine rings is 1. The first-order valence-electron chi connectivity index (χ1n) is 10.5. The standard InChI is InChI=1S/C22H31N5O2S/c1-2-23-22(25-11-10-24-21(29)19-5-3-4-6-20(19)28)26-18-7-12-27(13-8-18)15-17-9-14-30-16-17/h3-6,9,14,16,18,28H,2,7-8,10-13,15H2,1H3,(H,24,29)(H2,23,25,26). The number of nitrogens with zero attached hydrogens (tertiary/aromatic N) is 2. The number of hydrogen-bond donors (Lipinski definition) is 4. The summed E-state index contributed by atoms with van der Waals surface area (Å²) in [6, 6.07) is 9.12. The third kappa shape index (κ3) is 6.74. The Morgan fingerprint density at radius 2 is 2.03 bits per heavy atom. The van der Waals surface area contributed by atoms with E-state index in [1.807, 2.05) is 6.92 Å². The van der Waals surface area contributed by atoms with E-state index >= 15 is 0 Å². The number of phenolic OH excluding ortho intramolecular Hbond substituents is 1. The zero-order valence-electron chi connectivity index (χ0n) is 17.4. The molecule has 0 unspecified atom stereocenters. The van der Waals surface area contributed by atoms with E-state index in [0.717, 1.165) is 45.0 Å². The number of carbonyl (C=O) groups excluding carboxylic acids is 1. The smallest absolute Gasteiger partial charge is 0.255 e. The SMILES string of the molecule is CCNC(=NCCNC(=O)c1ccccc1O)NC1CCN(Cc2ccsc2)CC1. The van der Waals surface area contributed by atoms with E-state index in [1.54, 1.807) is 29.5 Å². The third-order valence-electron chi connectivity index (χ3n) is 5.07. The minimum Gasteiger partial charge on any atom is -0.507 e. The van der Waals surface area contributed by atoms with Gasteiger partial charge in [-0.3, -0.25) is 14.7 Å². The fourth-order valence-corrected chi connectivity index (χ4v) is 4.15. The van der Waals surface area contributed by atoms with E-state index in [0.29, 0.717) is 19.1 Å². The zero-order valence-corrected chi connectivity index (χ0v) is 18.3. The minimum atomic E-state index is -0.292.